The third-order valence-electron chi connectivity index (χ3n) is 7.56. The number of nitrogens with two attached hydrogens (primary N) is 1. The molecule has 1 aliphatic heterocycles. The zero-order chi connectivity index (χ0) is 28.9. The van der Waals surface area contributed by atoms with E-state index in [2.05, 4.69) is 56.6 Å². The average molecular weight is 554 g/mol. The largest absolute Gasteiger partial charge is 0.368 e. The molecule has 0 bridgehead atoms. The van der Waals surface area contributed by atoms with Crippen LogP contribution in [-0.4, -0.2) is 73.0 Å². The van der Waals surface area contributed by atoms with Gasteiger partial charge in [0.15, 0.2) is 0 Å². The summed E-state index contributed by atoms with van der Waals surface area (Å²) in [5.74, 6) is -0.364. The number of fused-ring (bicyclic) bond motifs is 1. The lowest BCUT2D eigenvalue weighted by atomic mass is 9.98. The van der Waals surface area contributed by atoms with Gasteiger partial charge < -0.3 is 36.1 Å². The highest BCUT2D eigenvalue weighted by atomic mass is 16.2. The molecule has 214 valence electrons. The average Bonchev–Trinajstić information content (AvgIpc) is 3.40. The fraction of sp³-hybridized carbons (Fsp3) is 0.312. The second kappa shape index (κ2) is 12.4. The van der Waals surface area contributed by atoms with Crippen molar-refractivity contribution >= 4 is 34.2 Å². The third kappa shape index (κ3) is 6.70. The highest BCUT2D eigenvalue weighted by Gasteiger charge is 2.32. The van der Waals surface area contributed by atoms with E-state index >= 15 is 0 Å². The minimum atomic E-state index is -0.991. The van der Waals surface area contributed by atoms with Gasteiger partial charge in [-0.1, -0.05) is 48.0 Å². The van der Waals surface area contributed by atoms with E-state index in [1.54, 1.807) is 4.90 Å². The van der Waals surface area contributed by atoms with Crippen molar-refractivity contribution in [1.29, 1.82) is 0 Å². The number of hydrogen-bond acceptors (Lipinski definition) is 5. The number of nitrogens with one attached hydrogen (secondary N) is 3. The van der Waals surface area contributed by atoms with Crippen LogP contribution in [0.15, 0.2) is 79.0 Å². The standard InChI is InChI=1S/C32H39N7O2/c1-22-11-13-25(14-12-22)38-15-17-39(18-16-38)32(41)36-30(29(33)27-20-34-28-10-5-4-9-26(27)28)31(40)35-24-8-6-7-23(19-24)21-37(2)3/h4-14,19-20,29-30,34H,15-18,21,33H2,1-3H3,(H,35,40)(H,36,41)/t29-,30+/m0/s1. The van der Waals surface area contributed by atoms with Gasteiger partial charge in [0.25, 0.3) is 0 Å². The zero-order valence-electron chi connectivity index (χ0n) is 23.9. The maximum atomic E-state index is 13.7. The van der Waals surface area contributed by atoms with Crippen LogP contribution in [0, 0.1) is 6.92 Å². The molecule has 1 fully saturated rings. The Bertz CT molecular complexity index is 1490. The van der Waals surface area contributed by atoms with E-state index in [4.69, 9.17) is 5.73 Å². The summed E-state index contributed by atoms with van der Waals surface area (Å²) in [4.78, 5) is 36.6. The Kier molecular flexibility index (Phi) is 8.56. The summed E-state index contributed by atoms with van der Waals surface area (Å²) in [6.45, 7) is 5.32. The molecule has 4 aromatic rings. The molecular weight excluding hydrogens is 514 g/mol. The fourth-order valence-corrected chi connectivity index (χ4v) is 5.35. The number of hydrogen-bond donors (Lipinski definition) is 4. The number of amides is 3. The van der Waals surface area contributed by atoms with Crippen LogP contribution in [0.2, 0.25) is 0 Å². The van der Waals surface area contributed by atoms with Crippen molar-refractivity contribution in [1.82, 2.24) is 20.1 Å². The van der Waals surface area contributed by atoms with Gasteiger partial charge in [-0.3, -0.25) is 4.79 Å². The number of benzene rings is 3. The van der Waals surface area contributed by atoms with E-state index in [9.17, 15) is 9.59 Å². The van der Waals surface area contributed by atoms with Gasteiger partial charge >= 0.3 is 6.03 Å². The number of aromatic nitrogens is 1. The number of carbonyl (C=O) groups excluding carboxylic acids is 2. The lowest BCUT2D eigenvalue weighted by Crippen LogP contribution is -2.57. The number of urea groups is 1. The number of anilines is 2. The van der Waals surface area contributed by atoms with E-state index in [0.29, 0.717) is 31.9 Å². The topological polar surface area (TPSA) is 110 Å². The van der Waals surface area contributed by atoms with Crippen LogP contribution in [0.5, 0.6) is 0 Å². The molecule has 9 heteroatoms. The molecule has 3 amide bonds. The first kappa shape index (κ1) is 28.2. The van der Waals surface area contributed by atoms with Crippen molar-refractivity contribution in [3.05, 3.63) is 95.7 Å². The molecule has 5 rings (SSSR count). The van der Waals surface area contributed by atoms with Crippen LogP contribution in [0.25, 0.3) is 10.9 Å². The third-order valence-corrected chi connectivity index (χ3v) is 7.56. The van der Waals surface area contributed by atoms with E-state index in [0.717, 1.165) is 34.3 Å². The van der Waals surface area contributed by atoms with Crippen molar-refractivity contribution < 1.29 is 9.59 Å². The molecule has 0 saturated carbocycles. The van der Waals surface area contributed by atoms with Crippen LogP contribution in [0.1, 0.15) is 22.7 Å². The Hall–Kier alpha value is -4.34. The van der Waals surface area contributed by atoms with Gasteiger partial charge in [-0.05, 0) is 62.5 Å². The molecule has 2 heterocycles. The predicted molar refractivity (Wildman–Crippen MR) is 165 cm³/mol. The monoisotopic (exact) mass is 553 g/mol. The molecule has 9 nitrogen and oxygen atoms in total. The maximum Gasteiger partial charge on any atom is 0.318 e. The molecule has 41 heavy (non-hydrogen) atoms. The highest BCUT2D eigenvalue weighted by molar-refractivity contribution is 5.98. The molecule has 5 N–H and O–H groups in total. The van der Waals surface area contributed by atoms with Gasteiger partial charge in [-0.15, -0.1) is 0 Å². The summed E-state index contributed by atoms with van der Waals surface area (Å²) in [7, 11) is 4.00. The summed E-state index contributed by atoms with van der Waals surface area (Å²) < 4.78 is 0. The lowest BCUT2D eigenvalue weighted by Gasteiger charge is -2.37. The molecule has 0 spiro atoms. The van der Waals surface area contributed by atoms with Crippen LogP contribution >= 0.6 is 0 Å². The fourth-order valence-electron chi connectivity index (χ4n) is 5.35. The second-order valence-electron chi connectivity index (χ2n) is 11.0. The number of H-pyrrole nitrogens is 1. The summed E-state index contributed by atoms with van der Waals surface area (Å²) in [5.41, 5.74) is 12.5. The Morgan fingerprint density at radius 1 is 0.976 bits per heavy atom. The maximum absolute atomic E-state index is 13.7. The number of rotatable bonds is 8. The van der Waals surface area contributed by atoms with Crippen molar-refractivity contribution in [3.8, 4) is 0 Å². The smallest absolute Gasteiger partial charge is 0.318 e. The number of para-hydroxylation sites is 1. The lowest BCUT2D eigenvalue weighted by molar-refractivity contribution is -0.118. The van der Waals surface area contributed by atoms with Crippen molar-refractivity contribution in [2.45, 2.75) is 25.6 Å². The molecule has 1 aromatic heterocycles. The summed E-state index contributed by atoms with van der Waals surface area (Å²) in [6.07, 6.45) is 1.82. The van der Waals surface area contributed by atoms with Gasteiger partial charge in [-0.25, -0.2) is 4.79 Å². The summed E-state index contributed by atoms with van der Waals surface area (Å²) in [6, 6.07) is 21.9. The molecular formula is C32H39N7O2. The number of aromatic amines is 1. The number of piperazine rings is 1. The first-order chi connectivity index (χ1) is 19.8. The highest BCUT2D eigenvalue weighted by Crippen LogP contribution is 2.26. The molecule has 1 saturated heterocycles. The SMILES string of the molecule is Cc1ccc(N2CCN(C(=O)N[C@@H](C(=O)Nc3cccc(CN(C)C)c3)[C@@H](N)c3c[nH]c4ccccc34)CC2)cc1. The minimum Gasteiger partial charge on any atom is -0.368 e. The molecule has 0 radical (unpaired) electrons. The van der Waals surface area contributed by atoms with Gasteiger partial charge in [0, 0.05) is 61.2 Å². The Morgan fingerprint density at radius 2 is 1.71 bits per heavy atom. The van der Waals surface area contributed by atoms with E-state index in [-0.39, 0.29) is 11.9 Å². The first-order valence-corrected chi connectivity index (χ1v) is 14.0. The predicted octanol–water partition coefficient (Wildman–Crippen LogP) is 4.08. The van der Waals surface area contributed by atoms with Gasteiger partial charge in [-0.2, -0.15) is 0 Å². The van der Waals surface area contributed by atoms with E-state index in [1.807, 2.05) is 68.8 Å². The molecule has 0 aliphatic carbocycles. The minimum absolute atomic E-state index is 0.301. The van der Waals surface area contributed by atoms with E-state index in [1.165, 1.54) is 5.56 Å². The first-order valence-electron chi connectivity index (χ1n) is 14.0. The molecule has 1 aliphatic rings. The number of nitrogens with zero attached hydrogens (tertiary/aromatic N) is 3. The van der Waals surface area contributed by atoms with Crippen molar-refractivity contribution in [3.63, 3.8) is 0 Å². The van der Waals surface area contributed by atoms with Crippen LogP contribution in [-0.2, 0) is 11.3 Å². The van der Waals surface area contributed by atoms with Crippen LogP contribution in [0.4, 0.5) is 16.2 Å². The molecule has 0 unspecified atom stereocenters. The van der Waals surface area contributed by atoms with Gasteiger partial charge in [0.05, 0.1) is 6.04 Å². The Labute approximate surface area is 241 Å². The second-order valence-corrected chi connectivity index (χ2v) is 11.0. The zero-order valence-corrected chi connectivity index (χ0v) is 23.9. The summed E-state index contributed by atoms with van der Waals surface area (Å²) in [5, 5.41) is 6.90. The molecule has 2 atom stereocenters. The Balaban J connectivity index is 1.33. The van der Waals surface area contributed by atoms with Crippen molar-refractivity contribution in [2.24, 2.45) is 5.73 Å². The molecule has 3 aromatic carbocycles. The van der Waals surface area contributed by atoms with E-state index < -0.39 is 12.1 Å². The van der Waals surface area contributed by atoms with Crippen LogP contribution in [0.3, 0.4) is 0 Å². The normalized spacial score (nSPS) is 15.1. The Morgan fingerprint density at radius 3 is 2.44 bits per heavy atom. The van der Waals surface area contributed by atoms with Gasteiger partial charge in [0.1, 0.15) is 6.04 Å². The number of carbonyl (C=O) groups is 2. The quantitative estimate of drug-likeness (QED) is 0.263. The number of aryl methyl sites for hydroxylation is 1. The summed E-state index contributed by atoms with van der Waals surface area (Å²) >= 11 is 0. The van der Waals surface area contributed by atoms with Crippen molar-refractivity contribution in [2.75, 3.05) is 50.5 Å². The van der Waals surface area contributed by atoms with Gasteiger partial charge in [0.2, 0.25) is 5.91 Å². The van der Waals surface area contributed by atoms with Crippen LogP contribution < -0.4 is 21.3 Å².